The first-order valence-corrected chi connectivity index (χ1v) is 11.7. The summed E-state index contributed by atoms with van der Waals surface area (Å²) in [7, 11) is 0.226. The minimum atomic E-state index is -3.43. The van der Waals surface area contributed by atoms with Gasteiger partial charge >= 0.3 is 0 Å². The molecule has 0 unspecified atom stereocenters. The normalized spacial score (nSPS) is 16.2. The van der Waals surface area contributed by atoms with Gasteiger partial charge in [-0.1, -0.05) is 23.5 Å². The number of anilines is 1. The molecule has 0 atom stereocenters. The molecule has 4 rings (SSSR count). The van der Waals surface area contributed by atoms with Crippen LogP contribution in [-0.4, -0.2) is 62.9 Å². The Morgan fingerprint density at radius 3 is 2.52 bits per heavy atom. The zero-order chi connectivity index (χ0) is 20.4. The molecule has 0 amide bonds. The van der Waals surface area contributed by atoms with E-state index in [1.807, 2.05) is 37.4 Å². The van der Waals surface area contributed by atoms with E-state index in [0.717, 1.165) is 39.8 Å². The summed E-state index contributed by atoms with van der Waals surface area (Å²) < 4.78 is 33.5. The molecule has 0 bridgehead atoms. The van der Waals surface area contributed by atoms with Gasteiger partial charge in [-0.3, -0.25) is 0 Å². The number of methoxy groups -OCH3 is 1. The maximum atomic E-state index is 12.8. The largest absolute Gasteiger partial charge is 0.497 e. The first-order valence-electron chi connectivity index (χ1n) is 9.42. The van der Waals surface area contributed by atoms with E-state index in [9.17, 15) is 8.42 Å². The summed E-state index contributed by atoms with van der Waals surface area (Å²) in [5.74, 6) is 0.810. The highest BCUT2D eigenvalue weighted by Crippen LogP contribution is 2.29. The quantitative estimate of drug-likeness (QED) is 0.646. The van der Waals surface area contributed by atoms with Crippen LogP contribution in [0.15, 0.2) is 47.4 Å². The Labute approximate surface area is 175 Å². The van der Waals surface area contributed by atoms with E-state index < -0.39 is 10.0 Å². The molecule has 7 nitrogen and oxygen atoms in total. The van der Waals surface area contributed by atoms with Crippen LogP contribution in [0.25, 0.3) is 10.2 Å². The Hall–Kier alpha value is -2.20. The summed E-state index contributed by atoms with van der Waals surface area (Å²) in [5, 5.41) is 4.14. The number of ether oxygens (including phenoxy) is 1. The SMILES string of the molecule is COc1ccc2nc(NCc3ccc(S(=O)(=O)N4CCN(C)CC4)cc3)sc2c1. The Kier molecular flexibility index (Phi) is 5.73. The van der Waals surface area contributed by atoms with Crippen LogP contribution in [0.5, 0.6) is 5.75 Å². The van der Waals surface area contributed by atoms with Gasteiger partial charge in [0.1, 0.15) is 5.75 Å². The van der Waals surface area contributed by atoms with Crippen molar-refractivity contribution in [3.8, 4) is 5.75 Å². The average Bonchev–Trinajstić information content (AvgIpc) is 3.15. The molecule has 9 heteroatoms. The van der Waals surface area contributed by atoms with Crippen molar-refractivity contribution in [1.82, 2.24) is 14.2 Å². The van der Waals surface area contributed by atoms with Gasteiger partial charge in [0.15, 0.2) is 5.13 Å². The molecule has 2 heterocycles. The van der Waals surface area contributed by atoms with Crippen LogP contribution < -0.4 is 10.1 Å². The van der Waals surface area contributed by atoms with Crippen molar-refractivity contribution in [3.05, 3.63) is 48.0 Å². The van der Waals surface area contributed by atoms with Crippen LogP contribution in [0.1, 0.15) is 5.56 Å². The molecule has 1 N–H and O–H groups in total. The molecular weight excluding hydrogens is 408 g/mol. The first kappa shape index (κ1) is 20.1. The third-order valence-corrected chi connectivity index (χ3v) is 7.95. The van der Waals surface area contributed by atoms with Crippen molar-refractivity contribution in [1.29, 1.82) is 0 Å². The number of benzene rings is 2. The van der Waals surface area contributed by atoms with Crippen LogP contribution in [-0.2, 0) is 16.6 Å². The fourth-order valence-corrected chi connectivity index (χ4v) is 5.55. The molecule has 1 fully saturated rings. The second kappa shape index (κ2) is 8.27. The van der Waals surface area contributed by atoms with Gasteiger partial charge in [0.2, 0.25) is 10.0 Å². The van der Waals surface area contributed by atoms with E-state index in [1.165, 1.54) is 0 Å². The molecule has 1 aliphatic heterocycles. The molecule has 1 aliphatic rings. The van der Waals surface area contributed by atoms with Crippen LogP contribution in [0.2, 0.25) is 0 Å². The molecule has 1 aromatic heterocycles. The Bertz CT molecular complexity index is 1090. The lowest BCUT2D eigenvalue weighted by atomic mass is 10.2. The number of thiazole rings is 1. The maximum absolute atomic E-state index is 12.8. The fourth-order valence-electron chi connectivity index (χ4n) is 3.24. The molecule has 2 aromatic carbocycles. The van der Waals surface area contributed by atoms with Gasteiger partial charge in [-0.05, 0) is 42.9 Å². The lowest BCUT2D eigenvalue weighted by molar-refractivity contribution is 0.222. The molecule has 0 spiro atoms. The third kappa shape index (κ3) is 4.37. The molecule has 0 aliphatic carbocycles. The van der Waals surface area contributed by atoms with Crippen LogP contribution >= 0.6 is 11.3 Å². The first-order chi connectivity index (χ1) is 14.0. The Morgan fingerprint density at radius 1 is 1.10 bits per heavy atom. The van der Waals surface area contributed by atoms with E-state index in [1.54, 1.807) is 34.9 Å². The summed E-state index contributed by atoms with van der Waals surface area (Å²) in [6.07, 6.45) is 0. The van der Waals surface area contributed by atoms with E-state index >= 15 is 0 Å². The van der Waals surface area contributed by atoms with Crippen molar-refractivity contribution in [2.24, 2.45) is 0 Å². The predicted octanol–water partition coefficient (Wildman–Crippen LogP) is 2.85. The van der Waals surface area contributed by atoms with E-state index in [2.05, 4.69) is 15.2 Å². The van der Waals surface area contributed by atoms with E-state index in [0.29, 0.717) is 24.5 Å². The molecule has 0 radical (unpaired) electrons. The second-order valence-corrected chi connectivity index (χ2v) is 10.0. The zero-order valence-electron chi connectivity index (χ0n) is 16.5. The number of piperazine rings is 1. The van der Waals surface area contributed by atoms with Crippen molar-refractivity contribution in [2.75, 3.05) is 45.7 Å². The number of hydrogen-bond acceptors (Lipinski definition) is 7. The van der Waals surface area contributed by atoms with Gasteiger partial charge in [0.25, 0.3) is 0 Å². The summed E-state index contributed by atoms with van der Waals surface area (Å²) in [6.45, 7) is 3.16. The van der Waals surface area contributed by atoms with Crippen LogP contribution in [0, 0.1) is 0 Å². The molecule has 3 aromatic rings. The van der Waals surface area contributed by atoms with E-state index in [-0.39, 0.29) is 0 Å². The number of aromatic nitrogens is 1. The number of likely N-dealkylation sites (N-methyl/N-ethyl adjacent to an activating group) is 1. The summed E-state index contributed by atoms with van der Waals surface area (Å²) in [5.41, 5.74) is 1.92. The summed E-state index contributed by atoms with van der Waals surface area (Å²) in [4.78, 5) is 7.06. The number of nitrogens with zero attached hydrogens (tertiary/aromatic N) is 3. The van der Waals surface area contributed by atoms with Crippen LogP contribution in [0.3, 0.4) is 0 Å². The van der Waals surface area contributed by atoms with Gasteiger partial charge in [-0.15, -0.1) is 0 Å². The van der Waals surface area contributed by atoms with Gasteiger partial charge in [0.05, 0.1) is 22.2 Å². The number of rotatable bonds is 6. The maximum Gasteiger partial charge on any atom is 0.243 e. The summed E-state index contributed by atoms with van der Waals surface area (Å²) in [6, 6.07) is 12.9. The topological polar surface area (TPSA) is 74.8 Å². The smallest absolute Gasteiger partial charge is 0.243 e. The standard InChI is InChI=1S/C20H24N4O3S2/c1-23-9-11-24(12-10-23)29(25,26)17-6-3-15(4-7-17)14-21-20-22-18-8-5-16(27-2)13-19(18)28-20/h3-8,13H,9-12,14H2,1-2H3,(H,21,22). The minimum Gasteiger partial charge on any atom is -0.497 e. The fraction of sp³-hybridized carbons (Fsp3) is 0.350. The number of fused-ring (bicyclic) bond motifs is 1. The predicted molar refractivity (Wildman–Crippen MR) is 116 cm³/mol. The number of nitrogens with one attached hydrogen (secondary N) is 1. The molecule has 0 saturated carbocycles. The van der Waals surface area contributed by atoms with Gasteiger partial charge < -0.3 is 15.0 Å². The Morgan fingerprint density at radius 2 is 1.83 bits per heavy atom. The monoisotopic (exact) mass is 432 g/mol. The zero-order valence-corrected chi connectivity index (χ0v) is 18.1. The van der Waals surface area contributed by atoms with E-state index in [4.69, 9.17) is 4.74 Å². The van der Waals surface area contributed by atoms with Gasteiger partial charge in [-0.25, -0.2) is 13.4 Å². The second-order valence-electron chi connectivity index (χ2n) is 7.06. The third-order valence-electron chi connectivity index (χ3n) is 5.06. The lowest BCUT2D eigenvalue weighted by Gasteiger charge is -2.31. The highest BCUT2D eigenvalue weighted by molar-refractivity contribution is 7.89. The molecular formula is C20H24N4O3S2. The van der Waals surface area contributed by atoms with Gasteiger partial charge in [-0.2, -0.15) is 4.31 Å². The average molecular weight is 433 g/mol. The number of sulfonamides is 1. The van der Waals surface area contributed by atoms with Crippen molar-refractivity contribution in [2.45, 2.75) is 11.4 Å². The highest BCUT2D eigenvalue weighted by atomic mass is 32.2. The van der Waals surface area contributed by atoms with Crippen LogP contribution in [0.4, 0.5) is 5.13 Å². The van der Waals surface area contributed by atoms with Crippen molar-refractivity contribution < 1.29 is 13.2 Å². The van der Waals surface area contributed by atoms with Gasteiger partial charge in [0, 0.05) is 32.7 Å². The lowest BCUT2D eigenvalue weighted by Crippen LogP contribution is -2.46. The Balaban J connectivity index is 1.42. The molecule has 1 saturated heterocycles. The van der Waals surface area contributed by atoms with Crippen molar-refractivity contribution >= 4 is 36.7 Å². The van der Waals surface area contributed by atoms with Crippen molar-refractivity contribution in [3.63, 3.8) is 0 Å². The highest BCUT2D eigenvalue weighted by Gasteiger charge is 2.27. The molecule has 29 heavy (non-hydrogen) atoms. The summed E-state index contributed by atoms with van der Waals surface area (Å²) >= 11 is 1.56. The minimum absolute atomic E-state index is 0.345. The number of hydrogen-bond donors (Lipinski definition) is 1. The molecule has 154 valence electrons.